The first kappa shape index (κ1) is 79.4. The third-order valence-corrected chi connectivity index (χ3v) is 17.5. The van der Waals surface area contributed by atoms with E-state index in [0.29, 0.717) is 109 Å². The summed E-state index contributed by atoms with van der Waals surface area (Å²) in [5.41, 5.74) is 25.5. The fourth-order valence-corrected chi connectivity index (χ4v) is 12.2. The van der Waals surface area contributed by atoms with Gasteiger partial charge in [0.05, 0.1) is 94.9 Å². The summed E-state index contributed by atoms with van der Waals surface area (Å²) in [7, 11) is 5.38. The monoisotopic (exact) mass is 1490 g/mol. The summed E-state index contributed by atoms with van der Waals surface area (Å²) in [5, 5.41) is 8.59. The van der Waals surface area contributed by atoms with Crippen LogP contribution in [-0.4, -0.2) is 190 Å². The van der Waals surface area contributed by atoms with Gasteiger partial charge in [-0.2, -0.15) is 9.50 Å². The standard InChI is InChI=1S/C21H22F2N6O2.C20H19F2N7O.C12H15F2N3O.C12H14F2N2O2.C5H6F2O2/c1-31-17-6-2-5-14-18(17)27-21(24)28-20(14)26-9-13(30)8-16(19(22)23)29-10-12-4-3-7-25-15(12)11-29;1-30-15-6-2-5-12-17(15)26-20(23)29-19(12)25-16(27-29)8-14(18(21)22)28-9-11-4-3-7-24-13(11)10-28;13-12(14)11(4-9(18)5-15)17-6-8-2-1-3-16-10(8)7-17;1-18-11(17)5-10(12(13)14)16-6-8-3-2-4-15-9(8)7-16;1-9-5(8)3-2-4(6)7/h2-7,16,19H,8-11H2,1H3,(H3,24,26,27,28);2-7,14,18H,8-10H2,1H3,(H2,23,26);1-3,11-12H,4-7,15H2;2-4,10,12H,5-7H2,1H3;2-4H,1H3/b;;;;3-2+. The normalized spacial score (nSPS) is 15.2. The molecule has 4 unspecified atom stereocenters. The van der Waals surface area contributed by atoms with Crippen molar-refractivity contribution in [3.8, 4) is 11.5 Å². The molecular weight excluding hydrogens is 1410 g/mol. The van der Waals surface area contributed by atoms with E-state index in [-0.39, 0.29) is 68.1 Å². The highest BCUT2D eigenvalue weighted by Gasteiger charge is 2.38. The number of alkyl halides is 10. The average molecular weight is 1490 g/mol. The minimum atomic E-state index is -2.65. The van der Waals surface area contributed by atoms with Crippen LogP contribution in [0, 0.1) is 0 Å². The second-order valence-corrected chi connectivity index (χ2v) is 24.3. The number of anilines is 3. The van der Waals surface area contributed by atoms with E-state index < -0.39 is 68.2 Å². The summed E-state index contributed by atoms with van der Waals surface area (Å²) in [5.74, 6) is -0.257. The Morgan fingerprint density at radius 2 is 0.943 bits per heavy atom. The Labute approximate surface area is 600 Å². The van der Waals surface area contributed by atoms with Crippen molar-refractivity contribution in [2.45, 2.75) is 134 Å². The van der Waals surface area contributed by atoms with Crippen molar-refractivity contribution >= 4 is 68.7 Å². The number of nitrogens with one attached hydrogen (secondary N) is 1. The molecule has 7 N–H and O–H groups in total. The Balaban J connectivity index is 0.000000161. The number of nitrogen functional groups attached to an aromatic ring is 2. The van der Waals surface area contributed by atoms with Gasteiger partial charge >= 0.3 is 11.9 Å². The molecule has 4 atom stereocenters. The van der Waals surface area contributed by atoms with E-state index in [2.05, 4.69) is 59.8 Å². The van der Waals surface area contributed by atoms with Crippen LogP contribution in [0.2, 0.25) is 0 Å². The predicted octanol–water partition coefficient (Wildman–Crippen LogP) is 8.62. The van der Waals surface area contributed by atoms with Gasteiger partial charge in [0.15, 0.2) is 17.3 Å². The predicted molar refractivity (Wildman–Crippen MR) is 367 cm³/mol. The molecule has 13 rings (SSSR count). The quantitative estimate of drug-likeness (QED) is 0.0250. The minimum Gasteiger partial charge on any atom is -0.494 e. The van der Waals surface area contributed by atoms with Crippen LogP contribution in [0.15, 0.2) is 122 Å². The molecule has 4 aliphatic heterocycles. The molecule has 4 aliphatic rings. The summed E-state index contributed by atoms with van der Waals surface area (Å²) in [4.78, 5) is 85.6. The number of benzene rings is 2. The molecule has 36 heteroatoms. The number of pyridine rings is 4. The summed E-state index contributed by atoms with van der Waals surface area (Å²) < 4.78 is 150. The number of rotatable bonds is 24. The number of methoxy groups -OCH3 is 4. The van der Waals surface area contributed by atoms with Gasteiger partial charge in [-0.15, -0.1) is 5.10 Å². The largest absolute Gasteiger partial charge is 0.494 e. The number of hydrogen-bond acceptors (Lipinski definition) is 25. The molecule has 0 saturated carbocycles. The number of ether oxygens (including phenoxy) is 4. The van der Waals surface area contributed by atoms with E-state index in [0.717, 1.165) is 52.1 Å². The van der Waals surface area contributed by atoms with E-state index in [1.165, 1.54) is 18.7 Å². The maximum atomic E-state index is 14.0. The van der Waals surface area contributed by atoms with Crippen molar-refractivity contribution in [3.63, 3.8) is 0 Å². The molecule has 0 saturated heterocycles. The van der Waals surface area contributed by atoms with Crippen LogP contribution in [0.1, 0.15) is 70.1 Å². The maximum absolute atomic E-state index is 14.0. The molecule has 26 nitrogen and oxygen atoms in total. The highest BCUT2D eigenvalue weighted by Crippen LogP contribution is 2.34. The average Bonchev–Trinajstić information content (AvgIpc) is 1.53. The number of nitrogens with zero attached hydrogens (tertiary/aromatic N) is 14. The minimum absolute atomic E-state index is 0.0136. The van der Waals surface area contributed by atoms with E-state index >= 15 is 0 Å². The zero-order chi connectivity index (χ0) is 76.3. The molecule has 106 heavy (non-hydrogen) atoms. The van der Waals surface area contributed by atoms with Gasteiger partial charge in [-0.25, -0.2) is 63.7 Å². The fraction of sp³-hybridized carbons (Fsp3) is 0.386. The molecule has 11 heterocycles. The molecule has 0 spiro atoms. The first-order valence-corrected chi connectivity index (χ1v) is 32.9. The number of aromatic nitrogens is 10. The lowest BCUT2D eigenvalue weighted by atomic mass is 10.1. The van der Waals surface area contributed by atoms with Crippen molar-refractivity contribution in [1.29, 1.82) is 0 Å². The van der Waals surface area contributed by atoms with Crippen molar-refractivity contribution in [3.05, 3.63) is 173 Å². The Kier molecular flexibility index (Phi) is 28.0. The summed E-state index contributed by atoms with van der Waals surface area (Å²) in [6.45, 7) is 2.63. The molecule has 2 aromatic carbocycles. The number of nitrogens with two attached hydrogens (primary N) is 3. The number of esters is 2. The lowest BCUT2D eigenvalue weighted by Crippen LogP contribution is -2.39. The maximum Gasteiger partial charge on any atom is 0.330 e. The number of carbonyl (C=O) groups is 4. The van der Waals surface area contributed by atoms with Crippen molar-refractivity contribution in [2.24, 2.45) is 5.73 Å². The number of Topliss-reactive ketones (excluding diaryl/α,β-unsaturated/α-hetero) is 2. The Bertz CT molecular complexity index is 4350. The second kappa shape index (κ2) is 37.3. The van der Waals surface area contributed by atoms with Crippen LogP contribution >= 0.6 is 0 Å². The zero-order valence-electron chi connectivity index (χ0n) is 57.7. The molecule has 0 amide bonds. The highest BCUT2D eigenvalue weighted by molar-refractivity contribution is 5.96. The Morgan fingerprint density at radius 1 is 0.509 bits per heavy atom. The number of carbonyl (C=O) groups excluding carboxylic acids is 4. The molecule has 9 aromatic rings. The van der Waals surface area contributed by atoms with Crippen LogP contribution in [0.5, 0.6) is 11.5 Å². The number of halogens is 10. The molecule has 564 valence electrons. The summed E-state index contributed by atoms with van der Waals surface area (Å²) >= 11 is 0. The van der Waals surface area contributed by atoms with E-state index in [4.69, 9.17) is 26.7 Å². The lowest BCUT2D eigenvalue weighted by molar-refractivity contribution is -0.144. The first-order valence-electron chi connectivity index (χ1n) is 32.9. The van der Waals surface area contributed by atoms with Gasteiger partial charge in [0.1, 0.15) is 34.1 Å². The van der Waals surface area contributed by atoms with Crippen LogP contribution in [-0.2, 0) is 87.4 Å². The molecule has 0 aliphatic carbocycles. The number of ketones is 2. The van der Waals surface area contributed by atoms with Gasteiger partial charge in [0.25, 0.3) is 32.1 Å². The van der Waals surface area contributed by atoms with Gasteiger partial charge in [-0.1, -0.05) is 36.4 Å². The summed E-state index contributed by atoms with van der Waals surface area (Å²) in [6, 6.07) is 20.9. The third kappa shape index (κ3) is 20.4. The lowest BCUT2D eigenvalue weighted by Gasteiger charge is -2.26. The van der Waals surface area contributed by atoms with Crippen molar-refractivity contribution in [2.75, 3.05) is 58.3 Å². The topological polar surface area (TPSA) is 329 Å². The molecule has 7 aromatic heterocycles. The van der Waals surface area contributed by atoms with Crippen molar-refractivity contribution < 1.29 is 82.0 Å². The van der Waals surface area contributed by atoms with Gasteiger partial charge in [0.2, 0.25) is 11.9 Å². The van der Waals surface area contributed by atoms with Gasteiger partial charge in [-0.05, 0) is 76.9 Å². The molecule has 0 fully saturated rings. The number of hydrogen-bond donors (Lipinski definition) is 4. The van der Waals surface area contributed by atoms with E-state index in [1.54, 1.807) is 94.0 Å². The Morgan fingerprint density at radius 3 is 1.36 bits per heavy atom. The molecule has 0 radical (unpaired) electrons. The van der Waals surface area contributed by atoms with Crippen LogP contribution < -0.4 is 32.0 Å². The first-order chi connectivity index (χ1) is 50.9. The number of para-hydroxylation sites is 2. The van der Waals surface area contributed by atoms with Gasteiger partial charge in [-0.3, -0.25) is 53.9 Å². The SMILES string of the molecule is COC(=O)/C=C/C(F)F.COC(=O)CC(C(F)F)N1Cc2cccnc2C1.COc1cccc2c(NCC(=O)CC(C(F)F)N3Cc4cccnc4C3)nc(N)nc12.COc1cccc2c1nc(N)n1nc(CC(C(F)F)N3Cc4cccnc4C3)nc21.NCC(=O)CC(C(F)F)N1Cc2cccnc2C1. The number of fused-ring (bicyclic) bond motifs is 8. The van der Waals surface area contributed by atoms with Crippen LogP contribution in [0.3, 0.4) is 0 Å². The van der Waals surface area contributed by atoms with Gasteiger partial charge in [0, 0.05) is 113 Å². The molecule has 0 bridgehead atoms. The second-order valence-electron chi connectivity index (χ2n) is 24.3. The number of allylic oxidation sites excluding steroid dienone is 1. The molecular formula is C70H76F10N18O8. The highest BCUT2D eigenvalue weighted by atomic mass is 19.3. The van der Waals surface area contributed by atoms with Crippen LogP contribution in [0.4, 0.5) is 61.6 Å². The third-order valence-electron chi connectivity index (χ3n) is 17.5. The van der Waals surface area contributed by atoms with E-state index in [1.807, 2.05) is 42.5 Å². The Hall–Kier alpha value is -10.7. The smallest absolute Gasteiger partial charge is 0.330 e. The van der Waals surface area contributed by atoms with E-state index in [9.17, 15) is 63.1 Å². The van der Waals surface area contributed by atoms with Gasteiger partial charge < -0.3 is 41.5 Å². The summed E-state index contributed by atoms with van der Waals surface area (Å²) in [6.07, 6.45) is -6.02. The van der Waals surface area contributed by atoms with Crippen molar-refractivity contribution in [1.82, 2.24) is 69.1 Å². The van der Waals surface area contributed by atoms with Crippen LogP contribution in [0.25, 0.3) is 27.5 Å². The zero-order valence-corrected chi connectivity index (χ0v) is 57.7. The fourth-order valence-electron chi connectivity index (χ4n) is 12.2.